The van der Waals surface area contributed by atoms with Gasteiger partial charge in [0, 0.05) is 31.5 Å². The number of anilines is 1. The number of benzene rings is 1. The van der Waals surface area contributed by atoms with Gasteiger partial charge in [-0.25, -0.2) is 0 Å². The monoisotopic (exact) mass is 344 g/mol. The van der Waals surface area contributed by atoms with Gasteiger partial charge in [-0.1, -0.05) is 6.07 Å². The van der Waals surface area contributed by atoms with E-state index in [0.717, 1.165) is 0 Å². The van der Waals surface area contributed by atoms with E-state index in [2.05, 4.69) is 5.32 Å². The number of furan rings is 1. The van der Waals surface area contributed by atoms with Crippen LogP contribution in [0.3, 0.4) is 0 Å². The summed E-state index contributed by atoms with van der Waals surface area (Å²) >= 11 is 0. The first-order valence-electron chi connectivity index (χ1n) is 8.03. The third-order valence-electron chi connectivity index (χ3n) is 3.84. The fourth-order valence-electron chi connectivity index (χ4n) is 2.59. The second kappa shape index (κ2) is 7.96. The van der Waals surface area contributed by atoms with Crippen molar-refractivity contribution in [1.29, 1.82) is 0 Å². The molecule has 1 aromatic carbocycles. The fourth-order valence-corrected chi connectivity index (χ4v) is 2.59. The van der Waals surface area contributed by atoms with Gasteiger partial charge < -0.3 is 24.1 Å². The van der Waals surface area contributed by atoms with E-state index in [1.54, 1.807) is 48.4 Å². The number of ether oxygens (including phenoxy) is 2. The minimum absolute atomic E-state index is 0.0696. The van der Waals surface area contributed by atoms with Crippen LogP contribution in [0.2, 0.25) is 0 Å². The second-order valence-corrected chi connectivity index (χ2v) is 5.64. The van der Waals surface area contributed by atoms with E-state index in [1.165, 1.54) is 0 Å². The van der Waals surface area contributed by atoms with Crippen molar-refractivity contribution < 1.29 is 23.5 Å². The molecular weight excluding hydrogens is 324 g/mol. The van der Waals surface area contributed by atoms with E-state index in [1.807, 2.05) is 0 Å². The van der Waals surface area contributed by atoms with E-state index >= 15 is 0 Å². The molecule has 132 valence electrons. The summed E-state index contributed by atoms with van der Waals surface area (Å²) < 4.78 is 15.6. The lowest BCUT2D eigenvalue weighted by molar-refractivity contribution is 0.0303. The quantitative estimate of drug-likeness (QED) is 0.899. The summed E-state index contributed by atoms with van der Waals surface area (Å²) in [7, 11) is 1.55. The average molecular weight is 344 g/mol. The van der Waals surface area contributed by atoms with Crippen LogP contribution >= 0.6 is 0 Å². The number of nitrogens with one attached hydrogen (secondary N) is 1. The Bertz CT molecular complexity index is 749. The van der Waals surface area contributed by atoms with Crippen LogP contribution in [-0.2, 0) is 16.1 Å². The molecule has 1 aromatic heterocycles. The number of hydrogen-bond donors (Lipinski definition) is 1. The first-order chi connectivity index (χ1) is 12.2. The van der Waals surface area contributed by atoms with E-state index in [9.17, 15) is 9.59 Å². The van der Waals surface area contributed by atoms with Crippen LogP contribution in [0.5, 0.6) is 0 Å². The second-order valence-electron chi connectivity index (χ2n) is 5.64. The minimum Gasteiger partial charge on any atom is -0.453 e. The van der Waals surface area contributed by atoms with Gasteiger partial charge in [0.15, 0.2) is 5.76 Å². The highest BCUT2D eigenvalue weighted by Crippen LogP contribution is 2.16. The Labute approximate surface area is 145 Å². The van der Waals surface area contributed by atoms with Gasteiger partial charge in [-0.15, -0.1) is 0 Å². The molecule has 0 bridgehead atoms. The average Bonchev–Trinajstić information content (AvgIpc) is 3.11. The Morgan fingerprint density at radius 1 is 1.20 bits per heavy atom. The van der Waals surface area contributed by atoms with Crippen molar-refractivity contribution in [3.8, 4) is 0 Å². The summed E-state index contributed by atoms with van der Waals surface area (Å²) in [4.78, 5) is 26.5. The van der Waals surface area contributed by atoms with Gasteiger partial charge in [0.25, 0.3) is 11.8 Å². The van der Waals surface area contributed by atoms with E-state index in [0.29, 0.717) is 49.9 Å². The lowest BCUT2D eigenvalue weighted by Gasteiger charge is -2.27. The molecule has 2 aromatic rings. The Balaban J connectivity index is 1.68. The molecule has 0 radical (unpaired) electrons. The summed E-state index contributed by atoms with van der Waals surface area (Å²) in [6.45, 7) is 2.54. The first-order valence-corrected chi connectivity index (χ1v) is 8.03. The maximum atomic E-state index is 12.5. The third-order valence-corrected chi connectivity index (χ3v) is 3.84. The topological polar surface area (TPSA) is 81.0 Å². The molecule has 2 heterocycles. The highest BCUT2D eigenvalue weighted by atomic mass is 16.5. The number of rotatable bonds is 5. The maximum Gasteiger partial charge on any atom is 0.291 e. The predicted molar refractivity (Wildman–Crippen MR) is 90.5 cm³/mol. The zero-order chi connectivity index (χ0) is 17.6. The van der Waals surface area contributed by atoms with Crippen molar-refractivity contribution in [2.75, 3.05) is 38.7 Å². The van der Waals surface area contributed by atoms with Gasteiger partial charge in [0.2, 0.25) is 0 Å². The highest BCUT2D eigenvalue weighted by molar-refractivity contribution is 6.03. The molecule has 1 saturated heterocycles. The van der Waals surface area contributed by atoms with Gasteiger partial charge in [0.1, 0.15) is 12.4 Å². The molecule has 1 aliphatic heterocycles. The van der Waals surface area contributed by atoms with Crippen LogP contribution in [0.15, 0.2) is 40.8 Å². The molecule has 25 heavy (non-hydrogen) atoms. The van der Waals surface area contributed by atoms with Crippen molar-refractivity contribution >= 4 is 17.5 Å². The van der Waals surface area contributed by atoms with E-state index < -0.39 is 0 Å². The number of carbonyl (C=O) groups excluding carboxylic acids is 2. The number of morpholine rings is 1. The lowest BCUT2D eigenvalue weighted by atomic mass is 10.1. The van der Waals surface area contributed by atoms with E-state index in [4.69, 9.17) is 13.9 Å². The van der Waals surface area contributed by atoms with Gasteiger partial charge in [-0.2, -0.15) is 0 Å². The molecule has 1 fully saturated rings. The SMILES string of the molecule is COCc1ccc(C(=O)Nc2cccc(C(=O)N3CCOCC3)c2)o1. The molecule has 0 saturated carbocycles. The summed E-state index contributed by atoms with van der Waals surface area (Å²) in [5, 5.41) is 2.74. The molecule has 2 amide bonds. The molecule has 0 aliphatic carbocycles. The van der Waals surface area contributed by atoms with Crippen LogP contribution in [0.1, 0.15) is 26.7 Å². The van der Waals surface area contributed by atoms with Gasteiger partial charge >= 0.3 is 0 Å². The van der Waals surface area contributed by atoms with Crippen LogP contribution < -0.4 is 5.32 Å². The molecule has 1 N–H and O–H groups in total. The largest absolute Gasteiger partial charge is 0.453 e. The van der Waals surface area contributed by atoms with E-state index in [-0.39, 0.29) is 17.6 Å². The number of carbonyl (C=O) groups is 2. The summed E-state index contributed by atoms with van der Waals surface area (Å²) in [5.41, 5.74) is 1.06. The van der Waals surface area contributed by atoms with Gasteiger partial charge in [-0.05, 0) is 30.3 Å². The molecule has 7 heteroatoms. The van der Waals surface area contributed by atoms with Crippen molar-refractivity contribution in [3.63, 3.8) is 0 Å². The number of amides is 2. The van der Waals surface area contributed by atoms with Crippen molar-refractivity contribution in [2.24, 2.45) is 0 Å². The molecule has 0 atom stereocenters. The predicted octanol–water partition coefficient (Wildman–Crippen LogP) is 2.15. The Kier molecular flexibility index (Phi) is 5.47. The van der Waals surface area contributed by atoms with Crippen LogP contribution in [0, 0.1) is 0 Å². The van der Waals surface area contributed by atoms with Gasteiger partial charge in [-0.3, -0.25) is 9.59 Å². The summed E-state index contributed by atoms with van der Waals surface area (Å²) in [6, 6.07) is 10.1. The molecule has 7 nitrogen and oxygen atoms in total. The minimum atomic E-state index is -0.377. The summed E-state index contributed by atoms with van der Waals surface area (Å²) in [6.07, 6.45) is 0. The standard InChI is InChI=1S/C18H20N2O5/c1-23-12-15-5-6-16(25-15)17(21)19-14-4-2-3-13(11-14)18(22)20-7-9-24-10-8-20/h2-6,11H,7-10,12H2,1H3,(H,19,21). The van der Waals surface area contributed by atoms with Crippen LogP contribution in [0.4, 0.5) is 5.69 Å². The maximum absolute atomic E-state index is 12.5. The van der Waals surface area contributed by atoms with Crippen LogP contribution in [0.25, 0.3) is 0 Å². The van der Waals surface area contributed by atoms with Crippen LogP contribution in [-0.4, -0.2) is 50.1 Å². The Morgan fingerprint density at radius 3 is 2.76 bits per heavy atom. The smallest absolute Gasteiger partial charge is 0.291 e. The highest BCUT2D eigenvalue weighted by Gasteiger charge is 2.19. The Morgan fingerprint density at radius 2 is 2.00 bits per heavy atom. The molecule has 0 unspecified atom stereocenters. The van der Waals surface area contributed by atoms with Crippen molar-refractivity contribution in [1.82, 2.24) is 4.90 Å². The molecular formula is C18H20N2O5. The zero-order valence-electron chi connectivity index (χ0n) is 14.0. The normalized spacial score (nSPS) is 14.4. The molecule has 1 aliphatic rings. The lowest BCUT2D eigenvalue weighted by Crippen LogP contribution is -2.40. The van der Waals surface area contributed by atoms with Crippen molar-refractivity contribution in [2.45, 2.75) is 6.61 Å². The zero-order valence-corrected chi connectivity index (χ0v) is 14.0. The number of nitrogens with zero attached hydrogens (tertiary/aromatic N) is 1. The van der Waals surface area contributed by atoms with Gasteiger partial charge in [0.05, 0.1) is 13.2 Å². The first kappa shape index (κ1) is 17.2. The fraction of sp³-hybridized carbons (Fsp3) is 0.333. The Hall–Kier alpha value is -2.64. The number of methoxy groups -OCH3 is 1. The summed E-state index contributed by atoms with van der Waals surface area (Å²) in [5.74, 6) is 0.318. The van der Waals surface area contributed by atoms with Crippen molar-refractivity contribution in [3.05, 3.63) is 53.5 Å². The molecule has 0 spiro atoms. The molecule has 3 rings (SSSR count). The number of hydrogen-bond acceptors (Lipinski definition) is 5. The third kappa shape index (κ3) is 4.26.